The first-order valence-electron chi connectivity index (χ1n) is 12.5. The fourth-order valence-electron chi connectivity index (χ4n) is 4.83. The average molecular weight is 601 g/mol. The molecule has 0 aliphatic carbocycles. The number of hydrogen-bond donors (Lipinski definition) is 0. The van der Waals surface area contributed by atoms with E-state index in [0.717, 1.165) is 38.5 Å². The Balaban J connectivity index is 1.54. The zero-order valence-electron chi connectivity index (χ0n) is 22.7. The Morgan fingerprint density at radius 1 is 0.605 bits per heavy atom. The first-order valence-corrected chi connectivity index (χ1v) is 12.5. The van der Waals surface area contributed by atoms with Crippen LogP contribution in [0.3, 0.4) is 0 Å². The van der Waals surface area contributed by atoms with Crippen molar-refractivity contribution < 1.29 is 50.1 Å². The molecular formula is C31H21F6NO5. The number of carbonyl (C=O) groups excluding carboxylic acids is 2. The van der Waals surface area contributed by atoms with Crippen LogP contribution in [0.15, 0.2) is 72.8 Å². The molecule has 0 unspecified atom stereocenters. The van der Waals surface area contributed by atoms with Crippen LogP contribution in [0.4, 0.5) is 37.7 Å². The second kappa shape index (κ2) is 10.7. The number of methoxy groups -OCH3 is 2. The molecule has 0 saturated carbocycles. The van der Waals surface area contributed by atoms with Gasteiger partial charge in [0.1, 0.15) is 0 Å². The molecule has 0 atom stereocenters. The number of anilines is 2. The number of esters is 2. The van der Waals surface area contributed by atoms with Gasteiger partial charge in [0, 0.05) is 7.05 Å². The smallest absolute Gasteiger partial charge is 0.417 e. The van der Waals surface area contributed by atoms with E-state index >= 15 is 0 Å². The van der Waals surface area contributed by atoms with Crippen molar-refractivity contribution in [3.8, 4) is 33.8 Å². The number of nitrogens with zero attached hydrogens (tertiary/aromatic N) is 1. The van der Waals surface area contributed by atoms with Crippen LogP contribution >= 0.6 is 0 Å². The summed E-state index contributed by atoms with van der Waals surface area (Å²) in [4.78, 5) is 25.5. The van der Waals surface area contributed by atoms with E-state index in [2.05, 4.69) is 9.47 Å². The standard InChI is InChI=1S/C31H21F6NO5/c1-38-24-14-18(16-4-8-20(28(39)41-2)22(12-16)30(32,33)34)6-10-26(24)43-27-11-7-19(15-25(27)38)17-5-9-21(29(40)42-3)23(13-17)31(35,36)37/h4-15H,1-3H3. The van der Waals surface area contributed by atoms with Gasteiger partial charge in [0.05, 0.1) is 47.8 Å². The van der Waals surface area contributed by atoms with Crippen LogP contribution in [0, 0.1) is 0 Å². The third-order valence-corrected chi connectivity index (χ3v) is 6.99. The molecule has 1 aliphatic heterocycles. The molecule has 4 aromatic rings. The molecule has 0 bridgehead atoms. The van der Waals surface area contributed by atoms with E-state index in [1.165, 1.54) is 12.1 Å². The lowest BCUT2D eigenvalue weighted by Crippen LogP contribution is -2.16. The zero-order chi connectivity index (χ0) is 31.3. The van der Waals surface area contributed by atoms with Gasteiger partial charge in [0.25, 0.3) is 0 Å². The monoisotopic (exact) mass is 601 g/mol. The molecule has 4 aromatic carbocycles. The lowest BCUT2D eigenvalue weighted by molar-refractivity contribution is -0.138. The SMILES string of the molecule is COC(=O)c1ccc(-c2ccc3c(c2)N(C)c2cc(-c4ccc(C(=O)OC)c(C(F)(F)F)c4)ccc2O3)cc1C(F)(F)F. The van der Waals surface area contributed by atoms with Crippen molar-refractivity contribution in [1.82, 2.24) is 0 Å². The summed E-state index contributed by atoms with van der Waals surface area (Å²) in [5.41, 5.74) is -1.43. The molecule has 1 heterocycles. The number of carbonyl (C=O) groups is 2. The van der Waals surface area contributed by atoms with E-state index < -0.39 is 46.5 Å². The molecule has 12 heteroatoms. The van der Waals surface area contributed by atoms with Gasteiger partial charge in [0.15, 0.2) is 11.5 Å². The van der Waals surface area contributed by atoms with Crippen LogP contribution in [0.1, 0.15) is 31.8 Å². The molecule has 0 amide bonds. The first kappa shape index (κ1) is 29.5. The van der Waals surface area contributed by atoms with Crippen LogP contribution < -0.4 is 9.64 Å². The molecule has 0 aromatic heterocycles. The minimum atomic E-state index is -4.82. The highest BCUT2D eigenvalue weighted by Gasteiger charge is 2.37. The minimum Gasteiger partial charge on any atom is -0.465 e. The van der Waals surface area contributed by atoms with Crippen molar-refractivity contribution in [3.05, 3.63) is 95.1 Å². The molecule has 6 nitrogen and oxygen atoms in total. The minimum absolute atomic E-state index is 0.182. The highest BCUT2D eigenvalue weighted by Crippen LogP contribution is 2.49. The quantitative estimate of drug-likeness (QED) is 0.173. The number of hydrogen-bond acceptors (Lipinski definition) is 6. The lowest BCUT2D eigenvalue weighted by atomic mass is 9.96. The van der Waals surface area contributed by atoms with Gasteiger partial charge < -0.3 is 19.1 Å². The van der Waals surface area contributed by atoms with E-state index in [9.17, 15) is 35.9 Å². The number of benzene rings is 4. The van der Waals surface area contributed by atoms with Crippen molar-refractivity contribution in [2.45, 2.75) is 12.4 Å². The highest BCUT2D eigenvalue weighted by atomic mass is 19.4. The van der Waals surface area contributed by atoms with Gasteiger partial charge in [-0.05, 0) is 70.8 Å². The first-order chi connectivity index (χ1) is 20.2. The van der Waals surface area contributed by atoms with E-state index in [1.54, 1.807) is 48.3 Å². The maximum atomic E-state index is 13.8. The number of rotatable bonds is 4. The number of alkyl halides is 6. The molecule has 0 radical (unpaired) electrons. The Morgan fingerprint density at radius 2 is 0.953 bits per heavy atom. The van der Waals surface area contributed by atoms with E-state index in [0.29, 0.717) is 34.0 Å². The largest absolute Gasteiger partial charge is 0.465 e. The van der Waals surface area contributed by atoms with Gasteiger partial charge in [-0.3, -0.25) is 0 Å². The third-order valence-electron chi connectivity index (χ3n) is 6.99. The molecule has 43 heavy (non-hydrogen) atoms. The van der Waals surface area contributed by atoms with Crippen molar-refractivity contribution in [3.63, 3.8) is 0 Å². The normalized spacial score (nSPS) is 12.6. The van der Waals surface area contributed by atoms with E-state index in [1.807, 2.05) is 0 Å². The van der Waals surface area contributed by atoms with Crippen molar-refractivity contribution in [2.24, 2.45) is 0 Å². The Bertz CT molecular complexity index is 1640. The van der Waals surface area contributed by atoms with Crippen molar-refractivity contribution in [1.29, 1.82) is 0 Å². The van der Waals surface area contributed by atoms with Crippen LogP contribution in [0.5, 0.6) is 11.5 Å². The zero-order valence-corrected chi connectivity index (χ0v) is 22.7. The highest BCUT2D eigenvalue weighted by molar-refractivity contribution is 5.93. The molecule has 5 rings (SSSR count). The average Bonchev–Trinajstić information content (AvgIpc) is 2.98. The van der Waals surface area contributed by atoms with E-state index in [4.69, 9.17) is 4.74 Å². The van der Waals surface area contributed by atoms with Crippen LogP contribution in [0.25, 0.3) is 22.3 Å². The summed E-state index contributed by atoms with van der Waals surface area (Å²) in [5.74, 6) is -1.44. The van der Waals surface area contributed by atoms with Gasteiger partial charge in [0.2, 0.25) is 0 Å². The summed E-state index contributed by atoms with van der Waals surface area (Å²) in [7, 11) is 3.66. The number of ether oxygens (including phenoxy) is 3. The van der Waals surface area contributed by atoms with Crippen LogP contribution in [-0.4, -0.2) is 33.2 Å². The summed E-state index contributed by atoms with van der Waals surface area (Å²) in [6.45, 7) is 0. The summed E-state index contributed by atoms with van der Waals surface area (Å²) < 4.78 is 97.6. The Morgan fingerprint density at radius 3 is 1.30 bits per heavy atom. The molecule has 0 saturated heterocycles. The second-order valence-corrected chi connectivity index (χ2v) is 9.53. The lowest BCUT2D eigenvalue weighted by Gasteiger charge is -2.30. The van der Waals surface area contributed by atoms with Gasteiger partial charge in [-0.2, -0.15) is 26.3 Å². The predicted molar refractivity (Wildman–Crippen MR) is 145 cm³/mol. The topological polar surface area (TPSA) is 65.1 Å². The summed E-state index contributed by atoms with van der Waals surface area (Å²) in [6.07, 6.45) is -9.63. The van der Waals surface area contributed by atoms with Gasteiger partial charge in [-0.25, -0.2) is 9.59 Å². The Hall–Kier alpha value is -5.00. The van der Waals surface area contributed by atoms with E-state index in [-0.39, 0.29) is 11.1 Å². The predicted octanol–water partition coefficient (Wildman–Crippen LogP) is 8.51. The summed E-state index contributed by atoms with van der Waals surface area (Å²) in [6, 6.07) is 16.1. The molecule has 0 N–H and O–H groups in total. The summed E-state index contributed by atoms with van der Waals surface area (Å²) >= 11 is 0. The Kier molecular flexibility index (Phi) is 7.33. The third kappa shape index (κ3) is 5.47. The maximum Gasteiger partial charge on any atom is 0.417 e. The second-order valence-electron chi connectivity index (χ2n) is 9.53. The van der Waals surface area contributed by atoms with Crippen molar-refractivity contribution >= 4 is 23.3 Å². The fraction of sp³-hybridized carbons (Fsp3) is 0.161. The molecule has 1 aliphatic rings. The molecule has 222 valence electrons. The molecular weight excluding hydrogens is 580 g/mol. The van der Waals surface area contributed by atoms with Crippen LogP contribution in [-0.2, 0) is 21.8 Å². The number of halogens is 6. The maximum absolute atomic E-state index is 13.8. The Labute approximate surface area is 241 Å². The molecule has 0 fully saturated rings. The summed E-state index contributed by atoms with van der Waals surface area (Å²) in [5, 5.41) is 0. The van der Waals surface area contributed by atoms with Gasteiger partial charge in [-0.15, -0.1) is 0 Å². The fourth-order valence-corrected chi connectivity index (χ4v) is 4.83. The van der Waals surface area contributed by atoms with Crippen molar-refractivity contribution in [2.75, 3.05) is 26.2 Å². The van der Waals surface area contributed by atoms with Gasteiger partial charge >= 0.3 is 24.3 Å². The van der Waals surface area contributed by atoms with Crippen LogP contribution in [0.2, 0.25) is 0 Å². The van der Waals surface area contributed by atoms with Gasteiger partial charge in [-0.1, -0.05) is 24.3 Å². The molecule has 0 spiro atoms. The number of fused-ring (bicyclic) bond motifs is 2.